The van der Waals surface area contributed by atoms with Crippen LogP contribution in [-0.4, -0.2) is 12.5 Å². The topological polar surface area (TPSA) is 29.1 Å². The number of allylic oxidation sites excluding steroid dienone is 1. The average Bonchev–Trinajstić information content (AvgIpc) is 2.22. The molecule has 1 rings (SSSR count). The number of hydrogen-bond acceptors (Lipinski definition) is 1. The highest BCUT2D eigenvalue weighted by molar-refractivity contribution is 9.11. The highest BCUT2D eigenvalue weighted by Crippen LogP contribution is 2.21. The first kappa shape index (κ1) is 12.5. The summed E-state index contributed by atoms with van der Waals surface area (Å²) in [6.45, 7) is 2.47. The van der Waals surface area contributed by atoms with Gasteiger partial charge in [-0.15, -0.1) is 0 Å². The van der Waals surface area contributed by atoms with Crippen molar-refractivity contribution in [3.8, 4) is 0 Å². The molecule has 0 aliphatic heterocycles. The van der Waals surface area contributed by atoms with Crippen LogP contribution in [0.3, 0.4) is 0 Å². The lowest BCUT2D eigenvalue weighted by Crippen LogP contribution is -2.23. The normalized spacial score (nSPS) is 10.6. The minimum absolute atomic E-state index is 0.0822. The molecule has 0 aliphatic rings. The van der Waals surface area contributed by atoms with Crippen molar-refractivity contribution in [3.05, 3.63) is 44.9 Å². The summed E-state index contributed by atoms with van der Waals surface area (Å²) in [5.41, 5.74) is 0.633. The molecule has 2 nitrogen and oxygen atoms in total. The smallest absolute Gasteiger partial charge is 0.252 e. The Balaban J connectivity index is 2.77. The number of rotatable bonds is 3. The Bertz CT molecular complexity index is 388. The fraction of sp³-hybridized carbons (Fsp3) is 0.182. The lowest BCUT2D eigenvalue weighted by Gasteiger charge is -2.05. The minimum Gasteiger partial charge on any atom is -0.349 e. The number of nitrogens with one attached hydrogen (secondary N) is 1. The van der Waals surface area contributed by atoms with Gasteiger partial charge in [0.15, 0.2) is 0 Å². The quantitative estimate of drug-likeness (QED) is 0.843. The van der Waals surface area contributed by atoms with Gasteiger partial charge >= 0.3 is 0 Å². The molecule has 4 heteroatoms. The van der Waals surface area contributed by atoms with Gasteiger partial charge in [-0.25, -0.2) is 0 Å². The number of benzene rings is 1. The van der Waals surface area contributed by atoms with Crippen molar-refractivity contribution in [1.82, 2.24) is 5.32 Å². The first-order valence-corrected chi connectivity index (χ1v) is 6.08. The molecule has 80 valence electrons. The number of halogens is 2. The van der Waals surface area contributed by atoms with Gasteiger partial charge in [0.05, 0.1) is 5.56 Å². The highest BCUT2D eigenvalue weighted by atomic mass is 79.9. The third-order valence-electron chi connectivity index (χ3n) is 1.79. The highest BCUT2D eigenvalue weighted by Gasteiger charge is 2.08. The molecule has 1 aromatic rings. The van der Waals surface area contributed by atoms with E-state index in [0.29, 0.717) is 12.1 Å². The molecular weight excluding hydrogens is 322 g/mol. The second-order valence-electron chi connectivity index (χ2n) is 2.90. The molecular formula is C11H11Br2NO. The van der Waals surface area contributed by atoms with Gasteiger partial charge in [-0.2, -0.15) is 0 Å². The summed E-state index contributed by atoms with van der Waals surface area (Å²) < 4.78 is 1.69. The van der Waals surface area contributed by atoms with Crippen LogP contribution in [0.5, 0.6) is 0 Å². The van der Waals surface area contributed by atoms with Gasteiger partial charge in [-0.3, -0.25) is 4.79 Å². The van der Waals surface area contributed by atoms with E-state index >= 15 is 0 Å². The lowest BCUT2D eigenvalue weighted by molar-refractivity contribution is 0.0957. The molecule has 0 spiro atoms. The summed E-state index contributed by atoms with van der Waals surface area (Å²) >= 11 is 6.67. The Kier molecular flexibility index (Phi) is 5.05. The maximum Gasteiger partial charge on any atom is 0.252 e. The first-order chi connectivity index (χ1) is 7.15. The van der Waals surface area contributed by atoms with E-state index in [1.165, 1.54) is 0 Å². The SMILES string of the molecule is C/C=C/CNC(=O)c1cc(Br)ccc1Br. The van der Waals surface area contributed by atoms with Crippen molar-refractivity contribution in [2.45, 2.75) is 6.92 Å². The molecule has 0 saturated heterocycles. The van der Waals surface area contributed by atoms with Gasteiger partial charge in [0.25, 0.3) is 5.91 Å². The number of hydrogen-bond donors (Lipinski definition) is 1. The summed E-state index contributed by atoms with van der Waals surface area (Å²) in [5, 5.41) is 2.79. The Morgan fingerprint density at radius 3 is 2.87 bits per heavy atom. The maximum atomic E-state index is 11.7. The molecule has 0 bridgehead atoms. The van der Waals surface area contributed by atoms with Crippen molar-refractivity contribution in [2.24, 2.45) is 0 Å². The number of carbonyl (C=O) groups excluding carboxylic acids is 1. The molecule has 1 amide bonds. The second kappa shape index (κ2) is 6.08. The summed E-state index contributed by atoms with van der Waals surface area (Å²) in [6, 6.07) is 5.51. The zero-order valence-electron chi connectivity index (χ0n) is 8.26. The van der Waals surface area contributed by atoms with Gasteiger partial charge < -0.3 is 5.32 Å². The summed E-state index contributed by atoms with van der Waals surface area (Å²) in [7, 11) is 0. The average molecular weight is 333 g/mol. The van der Waals surface area contributed by atoms with Gasteiger partial charge in [0.1, 0.15) is 0 Å². The largest absolute Gasteiger partial charge is 0.349 e. The Morgan fingerprint density at radius 2 is 2.20 bits per heavy atom. The van der Waals surface area contributed by atoms with Gasteiger partial charge in [0, 0.05) is 15.5 Å². The van der Waals surface area contributed by atoms with Gasteiger partial charge in [-0.1, -0.05) is 28.1 Å². The Morgan fingerprint density at radius 1 is 1.47 bits per heavy atom. The molecule has 0 saturated carbocycles. The summed E-state index contributed by atoms with van der Waals surface area (Å²) in [5.74, 6) is -0.0822. The molecule has 1 N–H and O–H groups in total. The van der Waals surface area contributed by atoms with Crippen molar-refractivity contribution >= 4 is 37.8 Å². The first-order valence-electron chi connectivity index (χ1n) is 4.49. The van der Waals surface area contributed by atoms with Crippen LogP contribution in [0.25, 0.3) is 0 Å². The van der Waals surface area contributed by atoms with Crippen molar-refractivity contribution < 1.29 is 4.79 Å². The van der Waals surface area contributed by atoms with Crippen LogP contribution < -0.4 is 5.32 Å². The lowest BCUT2D eigenvalue weighted by atomic mass is 10.2. The Hall–Kier alpha value is -0.610. The predicted octanol–water partition coefficient (Wildman–Crippen LogP) is 3.52. The van der Waals surface area contributed by atoms with Crippen molar-refractivity contribution in [1.29, 1.82) is 0 Å². The molecule has 0 unspecified atom stereocenters. The standard InChI is InChI=1S/C11H11Br2NO/c1-2-3-6-14-11(15)9-7-8(12)4-5-10(9)13/h2-5,7H,6H2,1H3,(H,14,15)/b3-2+. The summed E-state index contributed by atoms with van der Waals surface area (Å²) in [6.07, 6.45) is 3.79. The van der Waals surface area contributed by atoms with Crippen LogP contribution in [-0.2, 0) is 0 Å². The van der Waals surface area contributed by atoms with E-state index < -0.39 is 0 Å². The molecule has 0 aliphatic carbocycles. The van der Waals surface area contributed by atoms with Crippen molar-refractivity contribution in [3.63, 3.8) is 0 Å². The van der Waals surface area contributed by atoms with E-state index in [1.54, 1.807) is 6.07 Å². The van der Waals surface area contributed by atoms with Crippen molar-refractivity contribution in [2.75, 3.05) is 6.54 Å². The zero-order valence-corrected chi connectivity index (χ0v) is 11.4. The van der Waals surface area contributed by atoms with E-state index in [0.717, 1.165) is 8.95 Å². The van der Waals surface area contributed by atoms with Crippen LogP contribution in [0, 0.1) is 0 Å². The van der Waals surface area contributed by atoms with Gasteiger partial charge in [0.2, 0.25) is 0 Å². The van der Waals surface area contributed by atoms with Crippen LogP contribution >= 0.6 is 31.9 Å². The molecule has 1 aromatic carbocycles. The fourth-order valence-electron chi connectivity index (χ4n) is 1.04. The maximum absolute atomic E-state index is 11.7. The monoisotopic (exact) mass is 331 g/mol. The van der Waals surface area contributed by atoms with Gasteiger partial charge in [-0.05, 0) is 41.1 Å². The zero-order chi connectivity index (χ0) is 11.3. The number of amides is 1. The third kappa shape index (κ3) is 3.80. The minimum atomic E-state index is -0.0822. The van der Waals surface area contributed by atoms with E-state index in [-0.39, 0.29) is 5.91 Å². The number of carbonyl (C=O) groups is 1. The molecule has 0 aromatic heterocycles. The van der Waals surface area contributed by atoms with Crippen LogP contribution in [0.4, 0.5) is 0 Å². The second-order valence-corrected chi connectivity index (χ2v) is 4.67. The molecule has 15 heavy (non-hydrogen) atoms. The Labute approximate surface area is 106 Å². The van der Waals surface area contributed by atoms with Crippen LogP contribution in [0.2, 0.25) is 0 Å². The van der Waals surface area contributed by atoms with E-state index in [9.17, 15) is 4.79 Å². The van der Waals surface area contributed by atoms with Crippen LogP contribution in [0.1, 0.15) is 17.3 Å². The molecule has 0 radical (unpaired) electrons. The fourth-order valence-corrected chi connectivity index (χ4v) is 1.82. The molecule has 0 fully saturated rings. The van der Waals surface area contributed by atoms with E-state index in [1.807, 2.05) is 31.2 Å². The predicted molar refractivity (Wildman–Crippen MR) is 69.0 cm³/mol. The van der Waals surface area contributed by atoms with E-state index in [4.69, 9.17) is 0 Å². The molecule has 0 heterocycles. The molecule has 0 atom stereocenters. The summed E-state index contributed by atoms with van der Waals surface area (Å²) in [4.78, 5) is 11.7. The van der Waals surface area contributed by atoms with E-state index in [2.05, 4.69) is 37.2 Å². The third-order valence-corrected chi connectivity index (χ3v) is 2.97. The van der Waals surface area contributed by atoms with Crippen LogP contribution in [0.15, 0.2) is 39.3 Å².